The Balaban J connectivity index is 2.11. The molecule has 136 valence electrons. The third-order valence-electron chi connectivity index (χ3n) is 5.81. The fraction of sp³-hybridized carbons (Fsp3) is 0.417. The van der Waals surface area contributed by atoms with E-state index < -0.39 is 0 Å². The van der Waals surface area contributed by atoms with Crippen molar-refractivity contribution in [2.24, 2.45) is 11.8 Å². The van der Waals surface area contributed by atoms with Gasteiger partial charge in [-0.15, -0.1) is 0 Å². The van der Waals surface area contributed by atoms with Crippen LogP contribution in [0.2, 0.25) is 0 Å². The number of carbonyl (C=O) groups is 2. The van der Waals surface area contributed by atoms with Gasteiger partial charge < -0.3 is 0 Å². The van der Waals surface area contributed by atoms with Crippen molar-refractivity contribution in [1.82, 2.24) is 0 Å². The Kier molecular flexibility index (Phi) is 6.03. The van der Waals surface area contributed by atoms with Gasteiger partial charge in [-0.3, -0.25) is 9.59 Å². The van der Waals surface area contributed by atoms with Crippen molar-refractivity contribution in [2.45, 2.75) is 51.4 Å². The molecule has 2 heteroatoms. The molecule has 1 saturated carbocycles. The van der Waals surface area contributed by atoms with E-state index in [2.05, 4.69) is 38.1 Å². The van der Waals surface area contributed by atoms with Crippen molar-refractivity contribution < 1.29 is 9.59 Å². The number of Topliss-reactive ketones (excluding diaryl/α,β-unsaturated/α-hetero) is 2. The van der Waals surface area contributed by atoms with Crippen molar-refractivity contribution in [1.29, 1.82) is 0 Å². The summed E-state index contributed by atoms with van der Waals surface area (Å²) in [6.07, 6.45) is 2.70. The van der Waals surface area contributed by atoms with Crippen LogP contribution in [0.5, 0.6) is 0 Å². The summed E-state index contributed by atoms with van der Waals surface area (Å²) in [4.78, 5) is 26.2. The maximum atomic E-state index is 13.2. The fourth-order valence-corrected chi connectivity index (χ4v) is 4.66. The van der Waals surface area contributed by atoms with Crippen LogP contribution in [0.15, 0.2) is 60.7 Å². The molecule has 0 radical (unpaired) electrons. The molecule has 0 aliphatic heterocycles. The first-order chi connectivity index (χ1) is 12.7. The highest BCUT2D eigenvalue weighted by atomic mass is 16.1. The zero-order valence-electron chi connectivity index (χ0n) is 15.7. The fourth-order valence-electron chi connectivity index (χ4n) is 4.66. The van der Waals surface area contributed by atoms with E-state index >= 15 is 0 Å². The van der Waals surface area contributed by atoms with Crippen molar-refractivity contribution in [3.05, 3.63) is 71.8 Å². The second-order valence-electron chi connectivity index (χ2n) is 7.38. The van der Waals surface area contributed by atoms with Crippen LogP contribution in [0, 0.1) is 11.8 Å². The number of hydrogen-bond acceptors (Lipinski definition) is 2. The molecular formula is C24H28O2. The first kappa shape index (κ1) is 18.6. The summed E-state index contributed by atoms with van der Waals surface area (Å²) in [6.45, 7) is 4.13. The van der Waals surface area contributed by atoms with Gasteiger partial charge in [0, 0.05) is 36.5 Å². The number of hydrogen-bond donors (Lipinski definition) is 0. The van der Waals surface area contributed by atoms with E-state index in [1.807, 2.05) is 36.4 Å². The van der Waals surface area contributed by atoms with Crippen LogP contribution in [0.3, 0.4) is 0 Å². The van der Waals surface area contributed by atoms with Gasteiger partial charge in [0.15, 0.2) is 0 Å². The van der Waals surface area contributed by atoms with E-state index in [-0.39, 0.29) is 23.7 Å². The van der Waals surface area contributed by atoms with E-state index in [0.717, 1.165) is 24.0 Å². The minimum atomic E-state index is -0.123. The lowest BCUT2D eigenvalue weighted by atomic mass is 9.59. The van der Waals surface area contributed by atoms with E-state index in [1.54, 1.807) is 0 Å². The molecule has 2 aromatic carbocycles. The van der Waals surface area contributed by atoms with Gasteiger partial charge in [0.25, 0.3) is 0 Å². The SMILES string of the molecule is CCCC(=O)[C@@H]1[C@@H](c2ccccc2)[C@@H](CC)C(=O)C[C@H]1c1ccccc1. The summed E-state index contributed by atoms with van der Waals surface area (Å²) in [7, 11) is 0. The molecular weight excluding hydrogens is 320 g/mol. The number of ketones is 2. The molecule has 1 aliphatic rings. The lowest BCUT2D eigenvalue weighted by molar-refractivity contribution is -0.133. The van der Waals surface area contributed by atoms with Crippen molar-refractivity contribution in [3.8, 4) is 0 Å². The third-order valence-corrected chi connectivity index (χ3v) is 5.81. The minimum absolute atomic E-state index is 0.0178. The van der Waals surface area contributed by atoms with Gasteiger partial charge in [-0.05, 0) is 24.0 Å². The molecule has 26 heavy (non-hydrogen) atoms. The quantitative estimate of drug-likeness (QED) is 0.687. The molecule has 0 aromatic heterocycles. The Hall–Kier alpha value is -2.22. The second kappa shape index (κ2) is 8.44. The lowest BCUT2D eigenvalue weighted by Gasteiger charge is -2.42. The van der Waals surface area contributed by atoms with Crippen LogP contribution in [-0.2, 0) is 9.59 Å². The molecule has 0 saturated heterocycles. The van der Waals surface area contributed by atoms with Crippen LogP contribution in [-0.4, -0.2) is 11.6 Å². The number of carbonyl (C=O) groups excluding carboxylic acids is 2. The molecule has 1 fully saturated rings. The minimum Gasteiger partial charge on any atom is -0.299 e. The first-order valence-electron chi connectivity index (χ1n) is 9.82. The second-order valence-corrected chi connectivity index (χ2v) is 7.38. The van der Waals surface area contributed by atoms with Crippen LogP contribution >= 0.6 is 0 Å². The Morgan fingerprint density at radius 2 is 1.50 bits per heavy atom. The van der Waals surface area contributed by atoms with E-state index in [1.165, 1.54) is 0 Å². The summed E-state index contributed by atoms with van der Waals surface area (Å²) < 4.78 is 0. The molecule has 0 unspecified atom stereocenters. The molecule has 3 rings (SSSR count). The normalized spacial score (nSPS) is 25.8. The molecule has 0 amide bonds. The van der Waals surface area contributed by atoms with E-state index in [4.69, 9.17) is 0 Å². The number of rotatable bonds is 6. The van der Waals surface area contributed by atoms with Crippen LogP contribution in [0.25, 0.3) is 0 Å². The van der Waals surface area contributed by atoms with Gasteiger partial charge in [-0.25, -0.2) is 0 Å². The summed E-state index contributed by atoms with van der Waals surface area (Å²) in [6, 6.07) is 20.3. The first-order valence-corrected chi connectivity index (χ1v) is 9.82. The molecule has 0 spiro atoms. The Morgan fingerprint density at radius 1 is 0.923 bits per heavy atom. The standard InChI is InChI=1S/C24H28O2/c1-3-11-21(25)24-20(17-12-7-5-8-13-17)16-22(26)19(4-2)23(24)18-14-9-6-10-15-18/h5-10,12-15,19-20,23-24H,3-4,11,16H2,1-2H3/t19-,20-,23-,24+/m0/s1. The van der Waals surface area contributed by atoms with Gasteiger partial charge in [0.05, 0.1) is 0 Å². The van der Waals surface area contributed by atoms with E-state index in [0.29, 0.717) is 24.4 Å². The molecule has 2 nitrogen and oxygen atoms in total. The predicted octanol–water partition coefficient (Wildman–Crippen LogP) is 5.54. The van der Waals surface area contributed by atoms with Gasteiger partial charge in [0.2, 0.25) is 0 Å². The van der Waals surface area contributed by atoms with Gasteiger partial charge in [-0.1, -0.05) is 74.5 Å². The Bertz CT molecular complexity index is 735. The van der Waals surface area contributed by atoms with Crippen molar-refractivity contribution >= 4 is 11.6 Å². The largest absolute Gasteiger partial charge is 0.299 e. The summed E-state index contributed by atoms with van der Waals surface area (Å²) >= 11 is 0. The smallest absolute Gasteiger partial charge is 0.137 e. The van der Waals surface area contributed by atoms with Gasteiger partial charge in [-0.2, -0.15) is 0 Å². The monoisotopic (exact) mass is 348 g/mol. The Morgan fingerprint density at radius 3 is 2.04 bits per heavy atom. The molecule has 0 N–H and O–H groups in total. The summed E-state index contributed by atoms with van der Waals surface area (Å²) in [5.41, 5.74) is 2.24. The van der Waals surface area contributed by atoms with Crippen LogP contribution in [0.1, 0.15) is 62.5 Å². The molecule has 2 aromatic rings. The molecule has 1 aliphatic carbocycles. The Labute approximate surface area is 156 Å². The highest BCUT2D eigenvalue weighted by Gasteiger charge is 2.47. The zero-order chi connectivity index (χ0) is 18.5. The van der Waals surface area contributed by atoms with Gasteiger partial charge in [0.1, 0.15) is 11.6 Å². The average Bonchev–Trinajstić information content (AvgIpc) is 2.68. The highest BCUT2D eigenvalue weighted by molar-refractivity contribution is 5.90. The van der Waals surface area contributed by atoms with Crippen LogP contribution in [0.4, 0.5) is 0 Å². The predicted molar refractivity (Wildman–Crippen MR) is 105 cm³/mol. The average molecular weight is 348 g/mol. The summed E-state index contributed by atoms with van der Waals surface area (Å²) in [5.74, 6) is 0.380. The lowest BCUT2D eigenvalue weighted by Crippen LogP contribution is -2.41. The van der Waals surface area contributed by atoms with Crippen molar-refractivity contribution in [2.75, 3.05) is 0 Å². The zero-order valence-corrected chi connectivity index (χ0v) is 15.7. The van der Waals surface area contributed by atoms with Crippen LogP contribution < -0.4 is 0 Å². The third kappa shape index (κ3) is 3.65. The van der Waals surface area contributed by atoms with Crippen molar-refractivity contribution in [3.63, 3.8) is 0 Å². The topological polar surface area (TPSA) is 34.1 Å². The molecule has 0 heterocycles. The maximum absolute atomic E-state index is 13.2. The summed E-state index contributed by atoms with van der Waals surface area (Å²) in [5, 5.41) is 0. The molecule has 4 atom stereocenters. The highest BCUT2D eigenvalue weighted by Crippen LogP contribution is 2.49. The number of benzene rings is 2. The van der Waals surface area contributed by atoms with E-state index in [9.17, 15) is 9.59 Å². The van der Waals surface area contributed by atoms with Gasteiger partial charge >= 0.3 is 0 Å². The molecule has 0 bridgehead atoms. The maximum Gasteiger partial charge on any atom is 0.137 e.